The van der Waals surface area contributed by atoms with Gasteiger partial charge in [-0.1, -0.05) is 36.4 Å². The van der Waals surface area contributed by atoms with Gasteiger partial charge in [0.25, 0.3) is 0 Å². The molecule has 27 heavy (non-hydrogen) atoms. The molecule has 2 aromatic rings. The summed E-state index contributed by atoms with van der Waals surface area (Å²) in [5.41, 5.74) is 2.11. The summed E-state index contributed by atoms with van der Waals surface area (Å²) in [4.78, 5) is 25.0. The molecule has 2 aromatic carbocycles. The van der Waals surface area contributed by atoms with Gasteiger partial charge in [-0.2, -0.15) is 0 Å². The van der Waals surface area contributed by atoms with Crippen molar-refractivity contribution < 1.29 is 14.3 Å². The fourth-order valence-corrected chi connectivity index (χ4v) is 2.64. The average molecular weight is 368 g/mol. The molecule has 0 bridgehead atoms. The predicted octanol–water partition coefficient (Wildman–Crippen LogP) is 3.00. The van der Waals surface area contributed by atoms with Crippen LogP contribution in [0.3, 0.4) is 0 Å². The van der Waals surface area contributed by atoms with Crippen molar-refractivity contribution >= 4 is 11.8 Å². The van der Waals surface area contributed by atoms with Crippen LogP contribution in [0.15, 0.2) is 48.5 Å². The molecule has 0 atom stereocenters. The number of hydrogen-bond acceptors (Lipinski definition) is 3. The predicted molar refractivity (Wildman–Crippen MR) is 107 cm³/mol. The van der Waals surface area contributed by atoms with Gasteiger partial charge in [0.2, 0.25) is 11.8 Å². The van der Waals surface area contributed by atoms with Crippen molar-refractivity contribution in [2.75, 3.05) is 13.7 Å². The molecule has 0 saturated heterocycles. The lowest BCUT2D eigenvalue weighted by molar-refractivity contribution is -0.141. The topological polar surface area (TPSA) is 67.4 Å². The minimum Gasteiger partial charge on any atom is -0.497 e. The zero-order valence-corrected chi connectivity index (χ0v) is 16.5. The summed E-state index contributed by atoms with van der Waals surface area (Å²) in [6.45, 7) is 6.16. The fourth-order valence-electron chi connectivity index (χ4n) is 2.64. The number of amides is 2. The van der Waals surface area contributed by atoms with Crippen LogP contribution < -0.4 is 15.4 Å². The first kappa shape index (κ1) is 20.5. The van der Waals surface area contributed by atoms with Crippen molar-refractivity contribution in [2.45, 2.75) is 33.7 Å². The minimum atomic E-state index is -1.14. The molecule has 0 heterocycles. The van der Waals surface area contributed by atoms with Gasteiger partial charge in [-0.25, -0.2) is 0 Å². The highest BCUT2D eigenvalue weighted by Gasteiger charge is 2.35. The van der Waals surface area contributed by atoms with E-state index in [1.807, 2.05) is 55.5 Å². The Bertz CT molecular complexity index is 782. The van der Waals surface area contributed by atoms with Crippen LogP contribution in [0.4, 0.5) is 0 Å². The molecule has 0 aliphatic heterocycles. The average Bonchev–Trinajstić information content (AvgIpc) is 2.67. The summed E-state index contributed by atoms with van der Waals surface area (Å²) >= 11 is 0. The highest BCUT2D eigenvalue weighted by Crippen LogP contribution is 2.17. The molecule has 5 nitrogen and oxygen atoms in total. The van der Waals surface area contributed by atoms with Crippen molar-refractivity contribution in [1.82, 2.24) is 10.6 Å². The van der Waals surface area contributed by atoms with Crippen LogP contribution in [0.25, 0.3) is 0 Å². The van der Waals surface area contributed by atoms with E-state index in [2.05, 4.69) is 10.6 Å². The van der Waals surface area contributed by atoms with E-state index >= 15 is 0 Å². The summed E-state index contributed by atoms with van der Waals surface area (Å²) in [5, 5.41) is 5.73. The third kappa shape index (κ3) is 5.58. The van der Waals surface area contributed by atoms with Gasteiger partial charge < -0.3 is 15.4 Å². The van der Waals surface area contributed by atoms with Crippen LogP contribution in [0.5, 0.6) is 5.75 Å². The second-order valence-electron chi connectivity index (χ2n) is 7.09. The first-order chi connectivity index (χ1) is 12.8. The van der Waals surface area contributed by atoms with Crippen LogP contribution in [-0.2, 0) is 22.6 Å². The molecule has 2 N–H and O–H groups in total. The maximum Gasteiger partial charge on any atom is 0.235 e. The van der Waals surface area contributed by atoms with Crippen molar-refractivity contribution in [3.63, 3.8) is 0 Å². The molecular formula is C22H28N2O3. The summed E-state index contributed by atoms with van der Waals surface area (Å²) in [5.74, 6) is 0.236. The molecule has 144 valence electrons. The van der Waals surface area contributed by atoms with Gasteiger partial charge in [-0.15, -0.1) is 0 Å². The lowest BCUT2D eigenvalue weighted by atomic mass is 9.90. The molecular weight excluding hydrogens is 340 g/mol. The Morgan fingerprint density at radius 1 is 0.963 bits per heavy atom. The van der Waals surface area contributed by atoms with Gasteiger partial charge in [0, 0.05) is 13.1 Å². The standard InChI is InChI=1S/C22H28N2O3/c1-16-7-5-6-8-18(16)15-24-21(26)22(2,3)20(25)23-14-13-17-9-11-19(27-4)12-10-17/h5-12H,13-15H2,1-4H3,(H,23,25)(H,24,26). The molecule has 2 amide bonds. The minimum absolute atomic E-state index is 0.279. The Morgan fingerprint density at radius 3 is 2.22 bits per heavy atom. The molecule has 0 saturated carbocycles. The van der Waals surface area contributed by atoms with Crippen molar-refractivity contribution in [3.05, 3.63) is 65.2 Å². The van der Waals surface area contributed by atoms with Crippen molar-refractivity contribution in [2.24, 2.45) is 5.41 Å². The fraction of sp³-hybridized carbons (Fsp3) is 0.364. The Hall–Kier alpha value is -2.82. The molecule has 0 aromatic heterocycles. The molecule has 0 aliphatic rings. The third-order valence-electron chi connectivity index (χ3n) is 4.69. The van der Waals surface area contributed by atoms with Gasteiger partial charge in [0.1, 0.15) is 11.2 Å². The number of aryl methyl sites for hydroxylation is 1. The largest absolute Gasteiger partial charge is 0.497 e. The van der Waals surface area contributed by atoms with Crippen LogP contribution in [0.2, 0.25) is 0 Å². The van der Waals surface area contributed by atoms with Gasteiger partial charge in [-0.05, 0) is 56.0 Å². The van der Waals surface area contributed by atoms with E-state index in [-0.39, 0.29) is 11.8 Å². The number of hydrogen-bond donors (Lipinski definition) is 2. The van der Waals surface area contributed by atoms with Gasteiger partial charge in [0.15, 0.2) is 0 Å². The van der Waals surface area contributed by atoms with E-state index in [0.717, 1.165) is 22.4 Å². The molecule has 5 heteroatoms. The van der Waals surface area contributed by atoms with Crippen LogP contribution >= 0.6 is 0 Å². The normalized spacial score (nSPS) is 11.0. The number of carbonyl (C=O) groups excluding carboxylic acids is 2. The Balaban J connectivity index is 1.83. The zero-order chi connectivity index (χ0) is 19.9. The molecule has 0 aliphatic carbocycles. The Kier molecular flexibility index (Phi) is 6.99. The highest BCUT2D eigenvalue weighted by molar-refractivity contribution is 6.04. The number of ether oxygens (including phenoxy) is 1. The molecule has 0 fully saturated rings. The molecule has 0 unspecified atom stereocenters. The maximum absolute atomic E-state index is 12.5. The van der Waals surface area contributed by atoms with Crippen LogP contribution in [0.1, 0.15) is 30.5 Å². The Morgan fingerprint density at radius 2 is 1.59 bits per heavy atom. The van der Waals surface area contributed by atoms with Crippen molar-refractivity contribution in [3.8, 4) is 5.75 Å². The van der Waals surface area contributed by atoms with E-state index in [1.165, 1.54) is 0 Å². The van der Waals surface area contributed by atoms with E-state index < -0.39 is 5.41 Å². The first-order valence-corrected chi connectivity index (χ1v) is 9.08. The summed E-state index contributed by atoms with van der Waals surface area (Å²) < 4.78 is 5.13. The monoisotopic (exact) mass is 368 g/mol. The molecule has 0 radical (unpaired) electrons. The van der Waals surface area contributed by atoms with E-state index in [4.69, 9.17) is 4.74 Å². The quantitative estimate of drug-likeness (QED) is 0.704. The number of benzene rings is 2. The number of nitrogens with one attached hydrogen (secondary N) is 2. The second kappa shape index (κ2) is 9.21. The van der Waals surface area contributed by atoms with Crippen LogP contribution in [-0.4, -0.2) is 25.5 Å². The lowest BCUT2D eigenvalue weighted by Gasteiger charge is -2.23. The van der Waals surface area contributed by atoms with Gasteiger partial charge in [0.05, 0.1) is 7.11 Å². The number of rotatable bonds is 8. The maximum atomic E-state index is 12.5. The third-order valence-corrected chi connectivity index (χ3v) is 4.69. The summed E-state index contributed by atoms with van der Waals surface area (Å²) in [6.07, 6.45) is 0.691. The number of methoxy groups -OCH3 is 1. The summed E-state index contributed by atoms with van der Waals surface area (Å²) in [6, 6.07) is 15.6. The molecule has 0 spiro atoms. The van der Waals surface area contributed by atoms with Gasteiger partial charge in [-0.3, -0.25) is 9.59 Å². The van der Waals surface area contributed by atoms with Crippen LogP contribution in [0, 0.1) is 12.3 Å². The van der Waals surface area contributed by atoms with E-state index in [0.29, 0.717) is 19.5 Å². The SMILES string of the molecule is COc1ccc(CCNC(=O)C(C)(C)C(=O)NCc2ccccc2C)cc1. The smallest absolute Gasteiger partial charge is 0.235 e. The first-order valence-electron chi connectivity index (χ1n) is 9.08. The van der Waals surface area contributed by atoms with E-state index in [1.54, 1.807) is 21.0 Å². The second-order valence-corrected chi connectivity index (χ2v) is 7.09. The number of carbonyl (C=O) groups is 2. The van der Waals surface area contributed by atoms with E-state index in [9.17, 15) is 9.59 Å². The molecule has 2 rings (SSSR count). The lowest BCUT2D eigenvalue weighted by Crippen LogP contribution is -2.48. The van der Waals surface area contributed by atoms with Gasteiger partial charge >= 0.3 is 0 Å². The highest BCUT2D eigenvalue weighted by atomic mass is 16.5. The Labute approximate surface area is 161 Å². The summed E-state index contributed by atoms with van der Waals surface area (Å²) in [7, 11) is 1.63. The zero-order valence-electron chi connectivity index (χ0n) is 16.5. The van der Waals surface area contributed by atoms with Crippen molar-refractivity contribution in [1.29, 1.82) is 0 Å².